The van der Waals surface area contributed by atoms with Crippen LogP contribution in [0.25, 0.3) is 11.0 Å². The van der Waals surface area contributed by atoms with Crippen LogP contribution in [0.15, 0.2) is 24.3 Å². The molecule has 1 N–H and O–H groups in total. The van der Waals surface area contributed by atoms with Gasteiger partial charge in [-0.3, -0.25) is 0 Å². The maximum Gasteiger partial charge on any atom is 0.178 e. The van der Waals surface area contributed by atoms with Crippen molar-refractivity contribution in [3.8, 4) is 0 Å². The Morgan fingerprint density at radius 1 is 1.47 bits per heavy atom. The first kappa shape index (κ1) is 11.0. The summed E-state index contributed by atoms with van der Waals surface area (Å²) in [6.07, 6.45) is 1.19. The molecular weight excluding hydrogens is 232 g/mol. The highest BCUT2D eigenvalue weighted by Gasteiger charge is 2.40. The van der Waals surface area contributed by atoms with Gasteiger partial charge in [0.2, 0.25) is 0 Å². The van der Waals surface area contributed by atoms with Crippen molar-refractivity contribution in [3.05, 3.63) is 29.0 Å². The molecule has 17 heavy (non-hydrogen) atoms. The summed E-state index contributed by atoms with van der Waals surface area (Å²) in [5.41, 5.74) is 2.21. The molecular formula is C13H16N2OS. The van der Waals surface area contributed by atoms with Crippen molar-refractivity contribution < 1.29 is 4.74 Å². The van der Waals surface area contributed by atoms with Gasteiger partial charge in [-0.1, -0.05) is 12.1 Å². The minimum absolute atomic E-state index is 0.0450. The molecule has 4 heteroatoms. The first-order valence-corrected chi connectivity index (χ1v) is 6.35. The molecule has 0 saturated carbocycles. The number of para-hydroxylation sites is 2. The number of hydrogen-bond acceptors (Lipinski definition) is 2. The number of nitrogens with one attached hydrogen (secondary N) is 1. The Morgan fingerprint density at radius 2 is 2.24 bits per heavy atom. The van der Waals surface area contributed by atoms with E-state index in [1.165, 1.54) is 0 Å². The fourth-order valence-electron chi connectivity index (χ4n) is 2.68. The molecule has 1 saturated heterocycles. The van der Waals surface area contributed by atoms with Crippen LogP contribution in [0.4, 0.5) is 0 Å². The molecule has 0 radical (unpaired) electrons. The first-order valence-electron chi connectivity index (χ1n) is 5.95. The molecule has 2 atom stereocenters. The van der Waals surface area contributed by atoms with Gasteiger partial charge in [0.25, 0.3) is 0 Å². The minimum Gasteiger partial charge on any atom is -0.376 e. The average Bonchev–Trinajstić information content (AvgIpc) is 2.80. The van der Waals surface area contributed by atoms with Crippen molar-refractivity contribution in [2.75, 3.05) is 6.61 Å². The highest BCUT2D eigenvalue weighted by molar-refractivity contribution is 7.71. The largest absolute Gasteiger partial charge is 0.376 e. The zero-order valence-electron chi connectivity index (χ0n) is 10.1. The van der Waals surface area contributed by atoms with Crippen LogP contribution in [-0.2, 0) is 10.3 Å². The maximum absolute atomic E-state index is 5.72. The lowest BCUT2D eigenvalue weighted by molar-refractivity contribution is 0.0770. The van der Waals surface area contributed by atoms with Gasteiger partial charge in [-0.25, -0.2) is 0 Å². The van der Waals surface area contributed by atoms with E-state index in [0.29, 0.717) is 0 Å². The topological polar surface area (TPSA) is 29.9 Å². The Hall–Kier alpha value is -1.13. The van der Waals surface area contributed by atoms with Crippen LogP contribution >= 0.6 is 12.2 Å². The monoisotopic (exact) mass is 248 g/mol. The summed E-state index contributed by atoms with van der Waals surface area (Å²) in [4.78, 5) is 3.27. The van der Waals surface area contributed by atoms with Crippen LogP contribution in [-0.4, -0.2) is 22.3 Å². The standard InChI is InChI=1S/C13H16N2OS/c1-9-13(2,7-8-16-9)15-11-6-4-3-5-10(11)14-12(15)17/h3-6,9H,7-8H2,1-2H3,(H,14,17). The molecule has 2 aromatic rings. The first-order chi connectivity index (χ1) is 8.13. The lowest BCUT2D eigenvalue weighted by Crippen LogP contribution is -2.36. The van der Waals surface area contributed by atoms with Crippen LogP contribution in [0.1, 0.15) is 20.3 Å². The van der Waals surface area contributed by atoms with Crippen molar-refractivity contribution >= 4 is 23.3 Å². The van der Waals surface area contributed by atoms with Crippen molar-refractivity contribution in [1.82, 2.24) is 9.55 Å². The molecule has 0 amide bonds. The third-order valence-corrected chi connectivity index (χ3v) is 4.24. The molecule has 3 rings (SSSR count). The lowest BCUT2D eigenvalue weighted by Gasteiger charge is -2.30. The van der Waals surface area contributed by atoms with E-state index < -0.39 is 0 Å². The summed E-state index contributed by atoms with van der Waals surface area (Å²) in [7, 11) is 0. The van der Waals surface area contributed by atoms with Gasteiger partial charge in [0, 0.05) is 6.61 Å². The van der Waals surface area contributed by atoms with Gasteiger partial charge in [-0.15, -0.1) is 0 Å². The van der Waals surface area contributed by atoms with Crippen LogP contribution in [0.5, 0.6) is 0 Å². The van der Waals surface area contributed by atoms with Gasteiger partial charge in [0.15, 0.2) is 4.77 Å². The Labute approximate surface area is 105 Å². The normalized spacial score (nSPS) is 28.9. The van der Waals surface area contributed by atoms with Crippen molar-refractivity contribution in [1.29, 1.82) is 0 Å². The second-order valence-electron chi connectivity index (χ2n) is 4.90. The van der Waals surface area contributed by atoms with E-state index >= 15 is 0 Å². The highest BCUT2D eigenvalue weighted by Crippen LogP contribution is 2.35. The number of rotatable bonds is 1. The Morgan fingerprint density at radius 3 is 2.94 bits per heavy atom. The van der Waals surface area contributed by atoms with Gasteiger partial charge >= 0.3 is 0 Å². The average molecular weight is 248 g/mol. The Balaban J connectivity index is 2.30. The Bertz CT molecular complexity index is 615. The van der Waals surface area contributed by atoms with Gasteiger partial charge in [-0.2, -0.15) is 0 Å². The quantitative estimate of drug-likeness (QED) is 0.785. The third-order valence-electron chi connectivity index (χ3n) is 3.95. The number of imidazole rings is 1. The summed E-state index contributed by atoms with van der Waals surface area (Å²) < 4.78 is 8.72. The predicted molar refractivity (Wildman–Crippen MR) is 70.8 cm³/mol. The summed E-state index contributed by atoms with van der Waals surface area (Å²) >= 11 is 5.47. The summed E-state index contributed by atoms with van der Waals surface area (Å²) in [5.74, 6) is 0. The molecule has 3 nitrogen and oxygen atoms in total. The van der Waals surface area contributed by atoms with Crippen LogP contribution < -0.4 is 0 Å². The number of fused-ring (bicyclic) bond motifs is 1. The van der Waals surface area contributed by atoms with Gasteiger partial charge in [0.05, 0.1) is 22.7 Å². The molecule has 1 aromatic carbocycles. The van der Waals surface area contributed by atoms with Crippen molar-refractivity contribution in [3.63, 3.8) is 0 Å². The maximum atomic E-state index is 5.72. The second kappa shape index (κ2) is 3.68. The lowest BCUT2D eigenvalue weighted by atomic mass is 9.94. The van der Waals surface area contributed by atoms with E-state index in [9.17, 15) is 0 Å². The number of aromatic amines is 1. The van der Waals surface area contributed by atoms with E-state index in [1.54, 1.807) is 0 Å². The van der Waals surface area contributed by atoms with Crippen LogP contribution in [0.2, 0.25) is 0 Å². The zero-order chi connectivity index (χ0) is 12.0. The van der Waals surface area contributed by atoms with Crippen molar-refractivity contribution in [2.24, 2.45) is 0 Å². The van der Waals surface area contributed by atoms with Crippen LogP contribution in [0.3, 0.4) is 0 Å². The smallest absolute Gasteiger partial charge is 0.178 e. The van der Waals surface area contributed by atoms with E-state index in [0.717, 1.165) is 28.8 Å². The fraction of sp³-hybridized carbons (Fsp3) is 0.462. The fourth-order valence-corrected chi connectivity index (χ4v) is 3.10. The second-order valence-corrected chi connectivity index (χ2v) is 5.29. The molecule has 1 aromatic heterocycles. The number of ether oxygens (including phenoxy) is 1. The van der Waals surface area contributed by atoms with E-state index in [-0.39, 0.29) is 11.6 Å². The molecule has 1 fully saturated rings. The molecule has 0 spiro atoms. The number of hydrogen-bond donors (Lipinski definition) is 1. The van der Waals surface area contributed by atoms with Crippen LogP contribution in [0, 0.1) is 4.77 Å². The van der Waals surface area contributed by atoms with E-state index in [4.69, 9.17) is 17.0 Å². The molecule has 1 aliphatic rings. The molecule has 0 aliphatic carbocycles. The number of benzene rings is 1. The minimum atomic E-state index is -0.0450. The summed E-state index contributed by atoms with van der Waals surface area (Å²) in [6, 6.07) is 8.24. The summed E-state index contributed by atoms with van der Waals surface area (Å²) in [6.45, 7) is 5.15. The van der Waals surface area contributed by atoms with Crippen molar-refractivity contribution in [2.45, 2.75) is 31.9 Å². The number of aromatic nitrogens is 2. The third kappa shape index (κ3) is 1.47. The van der Waals surface area contributed by atoms with Gasteiger partial charge in [0.1, 0.15) is 0 Å². The van der Waals surface area contributed by atoms with Gasteiger partial charge < -0.3 is 14.3 Å². The van der Waals surface area contributed by atoms with E-state index in [1.807, 2.05) is 12.1 Å². The summed E-state index contributed by atoms with van der Waals surface area (Å²) in [5, 5.41) is 0. The molecule has 1 aliphatic heterocycles. The SMILES string of the molecule is CC1OCCC1(C)n1c(=S)[nH]c2ccccc21. The highest BCUT2D eigenvalue weighted by atomic mass is 32.1. The van der Waals surface area contributed by atoms with E-state index in [2.05, 4.69) is 35.5 Å². The van der Waals surface area contributed by atoms with Gasteiger partial charge in [-0.05, 0) is 44.6 Å². The number of H-pyrrole nitrogens is 1. The molecule has 90 valence electrons. The molecule has 2 heterocycles. The Kier molecular flexibility index (Phi) is 2.38. The molecule has 0 bridgehead atoms. The molecule has 2 unspecified atom stereocenters. The zero-order valence-corrected chi connectivity index (χ0v) is 10.9. The number of nitrogens with zero attached hydrogens (tertiary/aromatic N) is 1. The predicted octanol–water partition coefficient (Wildman–Crippen LogP) is 3.22.